The summed E-state index contributed by atoms with van der Waals surface area (Å²) < 4.78 is 5.71. The van der Waals surface area contributed by atoms with E-state index in [9.17, 15) is 9.59 Å². The van der Waals surface area contributed by atoms with Crippen molar-refractivity contribution < 1.29 is 14.0 Å². The van der Waals surface area contributed by atoms with E-state index < -0.39 is 0 Å². The number of nitrogens with one attached hydrogen (secondary N) is 2. The predicted octanol–water partition coefficient (Wildman–Crippen LogP) is 2.58. The summed E-state index contributed by atoms with van der Waals surface area (Å²) in [4.78, 5) is 26.8. The van der Waals surface area contributed by atoms with Crippen molar-refractivity contribution in [2.75, 3.05) is 26.2 Å². The molecule has 2 aliphatic rings. The Balaban J connectivity index is 0.00000210. The number of likely N-dealkylation sites (tertiary alicyclic amines) is 1. The predicted molar refractivity (Wildman–Crippen MR) is 106 cm³/mol. The molecule has 2 atom stereocenters. The summed E-state index contributed by atoms with van der Waals surface area (Å²) in [6.07, 6.45) is 3.95. The van der Waals surface area contributed by atoms with Crippen LogP contribution in [-0.2, 0) is 4.79 Å². The Bertz CT molecular complexity index is 768. The van der Waals surface area contributed by atoms with Gasteiger partial charge in [-0.1, -0.05) is 18.2 Å². The Morgan fingerprint density at radius 1 is 1.22 bits per heavy atom. The number of nitrogens with zero attached hydrogens (tertiary/aromatic N) is 1. The first-order valence-corrected chi connectivity index (χ1v) is 9.49. The van der Waals surface area contributed by atoms with E-state index in [0.29, 0.717) is 24.8 Å². The molecular weight excluding hydrogens is 366 g/mol. The zero-order valence-corrected chi connectivity index (χ0v) is 16.1. The number of furan rings is 1. The maximum atomic E-state index is 12.8. The molecule has 0 aliphatic carbocycles. The lowest BCUT2D eigenvalue weighted by Gasteiger charge is -2.32. The van der Waals surface area contributed by atoms with Crippen molar-refractivity contribution in [1.29, 1.82) is 0 Å². The van der Waals surface area contributed by atoms with E-state index in [1.165, 1.54) is 0 Å². The Morgan fingerprint density at radius 3 is 2.85 bits per heavy atom. The van der Waals surface area contributed by atoms with E-state index in [2.05, 4.69) is 10.6 Å². The van der Waals surface area contributed by atoms with Crippen LogP contribution >= 0.6 is 12.4 Å². The molecule has 2 fully saturated rings. The third-order valence-electron chi connectivity index (χ3n) is 5.38. The van der Waals surface area contributed by atoms with Crippen LogP contribution in [0, 0.1) is 5.92 Å². The highest BCUT2D eigenvalue weighted by atomic mass is 35.5. The topological polar surface area (TPSA) is 74.6 Å². The molecule has 4 rings (SSSR count). The number of carbonyl (C=O) groups excluding carboxylic acids is 2. The monoisotopic (exact) mass is 391 g/mol. The van der Waals surface area contributed by atoms with E-state index in [0.717, 1.165) is 49.7 Å². The van der Waals surface area contributed by atoms with Gasteiger partial charge in [-0.15, -0.1) is 12.4 Å². The summed E-state index contributed by atoms with van der Waals surface area (Å²) in [7, 11) is 0. The highest BCUT2D eigenvalue weighted by Gasteiger charge is 2.28. The fourth-order valence-electron chi connectivity index (χ4n) is 3.94. The van der Waals surface area contributed by atoms with Crippen LogP contribution in [0.1, 0.15) is 36.2 Å². The fourth-order valence-corrected chi connectivity index (χ4v) is 3.94. The van der Waals surface area contributed by atoms with Gasteiger partial charge in [0.15, 0.2) is 5.76 Å². The zero-order chi connectivity index (χ0) is 17.9. The third kappa shape index (κ3) is 4.45. The molecule has 0 radical (unpaired) electrons. The molecule has 0 spiro atoms. The summed E-state index contributed by atoms with van der Waals surface area (Å²) in [5.41, 5.74) is 0.737. The molecule has 2 amide bonds. The molecule has 2 N–H and O–H groups in total. The first-order chi connectivity index (χ1) is 12.7. The maximum absolute atomic E-state index is 12.8. The molecule has 1 aromatic carbocycles. The quantitative estimate of drug-likeness (QED) is 0.840. The van der Waals surface area contributed by atoms with Crippen LogP contribution in [0.15, 0.2) is 34.7 Å². The van der Waals surface area contributed by atoms with Gasteiger partial charge in [0.1, 0.15) is 5.58 Å². The number of hydrogen-bond acceptors (Lipinski definition) is 4. The fraction of sp³-hybridized carbons (Fsp3) is 0.500. The van der Waals surface area contributed by atoms with E-state index in [-0.39, 0.29) is 30.3 Å². The summed E-state index contributed by atoms with van der Waals surface area (Å²) in [5.74, 6) is 0.714. The van der Waals surface area contributed by atoms with Gasteiger partial charge >= 0.3 is 0 Å². The molecule has 1 aromatic heterocycles. The number of carbonyl (C=O) groups is 2. The number of benzene rings is 1. The van der Waals surface area contributed by atoms with Crippen molar-refractivity contribution >= 4 is 35.2 Å². The molecule has 146 valence electrons. The average Bonchev–Trinajstić information content (AvgIpc) is 3.35. The second-order valence-corrected chi connectivity index (χ2v) is 7.30. The number of fused-ring (bicyclic) bond motifs is 1. The Kier molecular flexibility index (Phi) is 6.39. The molecule has 3 heterocycles. The number of hydrogen-bond donors (Lipinski definition) is 2. The first-order valence-electron chi connectivity index (χ1n) is 9.49. The van der Waals surface area contributed by atoms with Crippen LogP contribution in [0.25, 0.3) is 11.0 Å². The Hall–Kier alpha value is -2.05. The van der Waals surface area contributed by atoms with E-state index in [1.54, 1.807) is 0 Å². The molecule has 2 unspecified atom stereocenters. The largest absolute Gasteiger partial charge is 0.451 e. The van der Waals surface area contributed by atoms with E-state index >= 15 is 0 Å². The van der Waals surface area contributed by atoms with Gasteiger partial charge in [0, 0.05) is 25.0 Å². The van der Waals surface area contributed by atoms with Crippen LogP contribution in [0.2, 0.25) is 0 Å². The van der Waals surface area contributed by atoms with Crippen molar-refractivity contribution in [3.63, 3.8) is 0 Å². The van der Waals surface area contributed by atoms with Crippen molar-refractivity contribution in [2.45, 2.75) is 31.7 Å². The highest BCUT2D eigenvalue weighted by Crippen LogP contribution is 2.23. The second-order valence-electron chi connectivity index (χ2n) is 7.30. The van der Waals surface area contributed by atoms with Crippen molar-refractivity contribution in [3.8, 4) is 0 Å². The van der Waals surface area contributed by atoms with E-state index in [1.807, 2.05) is 35.2 Å². The second kappa shape index (κ2) is 8.76. The molecule has 0 saturated carbocycles. The molecule has 2 aliphatic heterocycles. The molecule has 27 heavy (non-hydrogen) atoms. The molecule has 7 heteroatoms. The van der Waals surface area contributed by atoms with E-state index in [4.69, 9.17) is 4.42 Å². The number of amides is 2. The Morgan fingerprint density at radius 2 is 2.07 bits per heavy atom. The van der Waals surface area contributed by atoms with Crippen LogP contribution < -0.4 is 10.6 Å². The summed E-state index contributed by atoms with van der Waals surface area (Å²) in [6.45, 7) is 2.95. The number of halogens is 1. The third-order valence-corrected chi connectivity index (χ3v) is 5.38. The summed E-state index contributed by atoms with van der Waals surface area (Å²) in [5, 5.41) is 7.21. The smallest absolute Gasteiger partial charge is 0.289 e. The summed E-state index contributed by atoms with van der Waals surface area (Å²) >= 11 is 0. The minimum atomic E-state index is -0.0605. The maximum Gasteiger partial charge on any atom is 0.289 e. The lowest BCUT2D eigenvalue weighted by atomic mass is 9.97. The number of rotatable bonds is 4. The SMILES string of the molecule is Cl.O=C(NCC1CCCN(C(=O)c2cc3ccccc3o2)C1)C1CCCN1. The standard InChI is InChI=1S/C20H25N3O3.ClH/c24-19(16-7-3-9-21-16)22-12-14-5-4-10-23(13-14)20(25)18-11-15-6-1-2-8-17(15)26-18;/h1-2,6,8,11,14,16,21H,3-5,7,9-10,12-13H2,(H,22,24);1H. The Labute approximate surface area is 165 Å². The van der Waals surface area contributed by atoms with Gasteiger partial charge in [0.05, 0.1) is 6.04 Å². The minimum Gasteiger partial charge on any atom is -0.451 e. The van der Waals surface area contributed by atoms with Crippen molar-refractivity contribution in [2.24, 2.45) is 5.92 Å². The normalized spacial score (nSPS) is 22.4. The van der Waals surface area contributed by atoms with Gasteiger partial charge in [0.25, 0.3) is 5.91 Å². The lowest BCUT2D eigenvalue weighted by Crippen LogP contribution is -2.46. The molecule has 2 saturated heterocycles. The minimum absolute atomic E-state index is 0. The summed E-state index contributed by atoms with van der Waals surface area (Å²) in [6, 6.07) is 9.42. The van der Waals surface area contributed by atoms with Gasteiger partial charge < -0.3 is 20.0 Å². The van der Waals surface area contributed by atoms with Gasteiger partial charge in [-0.3, -0.25) is 9.59 Å². The lowest BCUT2D eigenvalue weighted by molar-refractivity contribution is -0.123. The number of piperidine rings is 1. The van der Waals surface area contributed by atoms with Crippen molar-refractivity contribution in [1.82, 2.24) is 15.5 Å². The van der Waals surface area contributed by atoms with Gasteiger partial charge in [0.2, 0.25) is 5.91 Å². The van der Waals surface area contributed by atoms with Crippen LogP contribution in [0.4, 0.5) is 0 Å². The average molecular weight is 392 g/mol. The molecule has 2 aromatic rings. The van der Waals surface area contributed by atoms with Crippen LogP contribution in [0.3, 0.4) is 0 Å². The van der Waals surface area contributed by atoms with Crippen molar-refractivity contribution in [3.05, 3.63) is 36.1 Å². The molecular formula is C20H26ClN3O3. The van der Waals surface area contributed by atoms with Crippen LogP contribution in [0.5, 0.6) is 0 Å². The number of para-hydroxylation sites is 1. The van der Waals surface area contributed by atoms with Gasteiger partial charge in [-0.2, -0.15) is 0 Å². The molecule has 6 nitrogen and oxygen atoms in total. The van der Waals surface area contributed by atoms with Crippen LogP contribution in [-0.4, -0.2) is 48.9 Å². The zero-order valence-electron chi connectivity index (χ0n) is 15.3. The molecule has 0 bridgehead atoms. The van der Waals surface area contributed by atoms with Gasteiger partial charge in [-0.25, -0.2) is 0 Å². The first kappa shape index (κ1) is 19.7. The highest BCUT2D eigenvalue weighted by molar-refractivity contribution is 5.96. The van der Waals surface area contributed by atoms with Gasteiger partial charge in [-0.05, 0) is 50.3 Å².